The standard InChI is InChI=1S/C16H22N4O/c1-11(2)20(8-9-21-3)15-12-6-4-5-7-14(12)19-10-13(15)16(17)18/h4-7,10-11H,8-9H2,1-3H3,(H3,17,18). The lowest BCUT2D eigenvalue weighted by atomic mass is 10.1. The van der Waals surface area contributed by atoms with Gasteiger partial charge in [0, 0.05) is 31.3 Å². The van der Waals surface area contributed by atoms with Gasteiger partial charge < -0.3 is 15.4 Å². The molecule has 0 aliphatic heterocycles. The monoisotopic (exact) mass is 286 g/mol. The number of para-hydroxylation sites is 1. The first-order chi connectivity index (χ1) is 10.1. The number of hydrogen-bond donors (Lipinski definition) is 2. The largest absolute Gasteiger partial charge is 0.384 e. The lowest BCUT2D eigenvalue weighted by Crippen LogP contribution is -2.35. The van der Waals surface area contributed by atoms with Crippen molar-refractivity contribution in [3.63, 3.8) is 0 Å². The number of fused-ring (bicyclic) bond motifs is 1. The maximum atomic E-state index is 7.84. The zero-order valence-corrected chi connectivity index (χ0v) is 12.8. The minimum atomic E-state index is 0.0336. The van der Waals surface area contributed by atoms with E-state index in [1.807, 2.05) is 24.3 Å². The number of nitrogens with zero attached hydrogens (tertiary/aromatic N) is 2. The van der Waals surface area contributed by atoms with Crippen molar-refractivity contribution in [2.45, 2.75) is 19.9 Å². The third-order valence-corrected chi connectivity index (χ3v) is 3.48. The number of methoxy groups -OCH3 is 1. The summed E-state index contributed by atoms with van der Waals surface area (Å²) in [5, 5.41) is 8.85. The van der Waals surface area contributed by atoms with Crippen molar-refractivity contribution in [3.8, 4) is 0 Å². The highest BCUT2D eigenvalue weighted by Gasteiger charge is 2.19. The van der Waals surface area contributed by atoms with Crippen molar-refractivity contribution in [2.75, 3.05) is 25.2 Å². The highest BCUT2D eigenvalue weighted by molar-refractivity contribution is 6.07. The average molecular weight is 286 g/mol. The van der Waals surface area contributed by atoms with Crippen molar-refractivity contribution in [2.24, 2.45) is 5.73 Å². The van der Waals surface area contributed by atoms with Crippen molar-refractivity contribution in [3.05, 3.63) is 36.0 Å². The summed E-state index contributed by atoms with van der Waals surface area (Å²) in [5.41, 5.74) is 8.28. The molecule has 0 saturated carbocycles. The molecule has 21 heavy (non-hydrogen) atoms. The first-order valence-corrected chi connectivity index (χ1v) is 7.04. The number of nitrogen functional groups attached to an aromatic ring is 1. The lowest BCUT2D eigenvalue weighted by molar-refractivity contribution is 0.204. The summed E-state index contributed by atoms with van der Waals surface area (Å²) in [6, 6.07) is 8.20. The van der Waals surface area contributed by atoms with E-state index in [0.29, 0.717) is 12.2 Å². The maximum absolute atomic E-state index is 7.84. The molecule has 0 aliphatic carbocycles. The Hall–Kier alpha value is -2.14. The molecule has 2 rings (SSSR count). The molecule has 0 spiro atoms. The second kappa shape index (κ2) is 6.54. The Bertz CT molecular complexity index is 639. The van der Waals surface area contributed by atoms with Gasteiger partial charge in [-0.2, -0.15) is 0 Å². The summed E-state index contributed by atoms with van der Waals surface area (Å²) in [6.07, 6.45) is 1.68. The number of ether oxygens (including phenoxy) is 1. The summed E-state index contributed by atoms with van der Waals surface area (Å²) in [5.74, 6) is 0.0336. The zero-order valence-electron chi connectivity index (χ0n) is 12.8. The Morgan fingerprint density at radius 1 is 1.38 bits per heavy atom. The summed E-state index contributed by atoms with van der Waals surface area (Å²) in [4.78, 5) is 6.62. The summed E-state index contributed by atoms with van der Waals surface area (Å²) < 4.78 is 5.21. The van der Waals surface area contributed by atoms with E-state index < -0.39 is 0 Å². The highest BCUT2D eigenvalue weighted by Crippen LogP contribution is 2.30. The number of amidine groups is 1. The molecule has 1 aromatic heterocycles. The van der Waals surface area contributed by atoms with Gasteiger partial charge in [-0.1, -0.05) is 18.2 Å². The van der Waals surface area contributed by atoms with Crippen LogP contribution in [0.4, 0.5) is 5.69 Å². The van der Waals surface area contributed by atoms with Crippen LogP contribution in [0.5, 0.6) is 0 Å². The number of anilines is 1. The number of nitrogens with two attached hydrogens (primary N) is 1. The van der Waals surface area contributed by atoms with E-state index in [4.69, 9.17) is 15.9 Å². The molecule has 0 fully saturated rings. The van der Waals surface area contributed by atoms with Gasteiger partial charge in [-0.3, -0.25) is 10.4 Å². The molecule has 1 heterocycles. The van der Waals surface area contributed by atoms with Gasteiger partial charge in [0.2, 0.25) is 0 Å². The number of benzene rings is 1. The van der Waals surface area contributed by atoms with E-state index in [1.165, 1.54) is 0 Å². The third kappa shape index (κ3) is 3.13. The minimum absolute atomic E-state index is 0.0336. The van der Waals surface area contributed by atoms with E-state index in [2.05, 4.69) is 23.7 Å². The fourth-order valence-corrected chi connectivity index (χ4v) is 2.45. The minimum Gasteiger partial charge on any atom is -0.384 e. The van der Waals surface area contributed by atoms with Crippen molar-refractivity contribution in [1.82, 2.24) is 4.98 Å². The van der Waals surface area contributed by atoms with Crippen LogP contribution in [-0.2, 0) is 4.74 Å². The molecule has 3 N–H and O–H groups in total. The first-order valence-electron chi connectivity index (χ1n) is 7.04. The number of rotatable bonds is 6. The molecule has 0 unspecified atom stereocenters. The molecule has 1 aromatic carbocycles. The van der Waals surface area contributed by atoms with Crippen LogP contribution in [0.2, 0.25) is 0 Å². The maximum Gasteiger partial charge on any atom is 0.126 e. The van der Waals surface area contributed by atoms with Gasteiger partial charge in [0.1, 0.15) is 5.84 Å². The van der Waals surface area contributed by atoms with Crippen molar-refractivity contribution < 1.29 is 4.74 Å². The second-order valence-corrected chi connectivity index (χ2v) is 5.23. The highest BCUT2D eigenvalue weighted by atomic mass is 16.5. The van der Waals surface area contributed by atoms with E-state index in [9.17, 15) is 0 Å². The Morgan fingerprint density at radius 3 is 2.71 bits per heavy atom. The predicted octanol–water partition coefficient (Wildman–Crippen LogP) is 2.38. The van der Waals surface area contributed by atoms with E-state index in [-0.39, 0.29) is 11.9 Å². The SMILES string of the molecule is COCCN(c1c(C(=N)N)cnc2ccccc12)C(C)C. The van der Waals surface area contributed by atoms with Crippen LogP contribution in [0, 0.1) is 5.41 Å². The molecule has 2 aromatic rings. The van der Waals surface area contributed by atoms with E-state index in [0.717, 1.165) is 23.1 Å². The molecule has 0 amide bonds. The van der Waals surface area contributed by atoms with Crippen LogP contribution in [0.25, 0.3) is 10.9 Å². The predicted molar refractivity (Wildman–Crippen MR) is 87.1 cm³/mol. The molecule has 5 nitrogen and oxygen atoms in total. The van der Waals surface area contributed by atoms with Gasteiger partial charge in [0.15, 0.2) is 0 Å². The average Bonchev–Trinajstić information content (AvgIpc) is 2.47. The van der Waals surface area contributed by atoms with Gasteiger partial charge >= 0.3 is 0 Å². The van der Waals surface area contributed by atoms with E-state index >= 15 is 0 Å². The number of hydrogen-bond acceptors (Lipinski definition) is 4. The molecule has 0 aliphatic rings. The Morgan fingerprint density at radius 2 is 2.10 bits per heavy atom. The van der Waals surface area contributed by atoms with Gasteiger partial charge in [0.25, 0.3) is 0 Å². The fourth-order valence-electron chi connectivity index (χ4n) is 2.45. The van der Waals surface area contributed by atoms with Crippen LogP contribution in [0.3, 0.4) is 0 Å². The van der Waals surface area contributed by atoms with Crippen molar-refractivity contribution in [1.29, 1.82) is 5.41 Å². The van der Waals surface area contributed by atoms with Crippen molar-refractivity contribution >= 4 is 22.4 Å². The molecular formula is C16H22N4O. The Labute approximate surface area is 125 Å². The van der Waals surface area contributed by atoms with Gasteiger partial charge in [-0.05, 0) is 19.9 Å². The fraction of sp³-hybridized carbons (Fsp3) is 0.375. The normalized spacial score (nSPS) is 11.0. The summed E-state index contributed by atoms with van der Waals surface area (Å²) in [6.45, 7) is 5.60. The third-order valence-electron chi connectivity index (χ3n) is 3.48. The second-order valence-electron chi connectivity index (χ2n) is 5.23. The van der Waals surface area contributed by atoms with E-state index in [1.54, 1.807) is 13.3 Å². The molecule has 112 valence electrons. The quantitative estimate of drug-likeness (QED) is 0.631. The number of nitrogens with one attached hydrogen (secondary N) is 1. The van der Waals surface area contributed by atoms with Crippen LogP contribution in [0.1, 0.15) is 19.4 Å². The molecule has 0 saturated heterocycles. The number of aromatic nitrogens is 1. The van der Waals surface area contributed by atoms with Crippen LogP contribution < -0.4 is 10.6 Å². The van der Waals surface area contributed by atoms with Crippen LogP contribution >= 0.6 is 0 Å². The molecular weight excluding hydrogens is 264 g/mol. The van der Waals surface area contributed by atoms with Gasteiger partial charge in [-0.15, -0.1) is 0 Å². The van der Waals surface area contributed by atoms with Crippen LogP contribution in [-0.4, -0.2) is 37.1 Å². The summed E-state index contributed by atoms with van der Waals surface area (Å²) >= 11 is 0. The summed E-state index contributed by atoms with van der Waals surface area (Å²) in [7, 11) is 1.69. The molecule has 0 atom stereocenters. The topological polar surface area (TPSA) is 75.2 Å². The van der Waals surface area contributed by atoms with Gasteiger partial charge in [0.05, 0.1) is 23.4 Å². The zero-order chi connectivity index (χ0) is 15.4. The Kier molecular flexibility index (Phi) is 4.75. The molecule has 5 heteroatoms. The lowest BCUT2D eigenvalue weighted by Gasteiger charge is -2.31. The number of pyridine rings is 1. The first kappa shape index (κ1) is 15.3. The molecule has 0 bridgehead atoms. The van der Waals surface area contributed by atoms with Gasteiger partial charge in [-0.25, -0.2) is 0 Å². The molecule has 0 radical (unpaired) electrons. The Balaban J connectivity index is 2.66. The smallest absolute Gasteiger partial charge is 0.126 e. The van der Waals surface area contributed by atoms with Crippen LogP contribution in [0.15, 0.2) is 30.5 Å².